The number of carbonyl (C=O) groups excluding carboxylic acids is 1. The minimum absolute atomic E-state index is 0.164. The van der Waals surface area contributed by atoms with E-state index in [-0.39, 0.29) is 12.6 Å². The largest absolute Gasteiger partial charge is 0.463 e. The molecule has 8 heteroatoms. The summed E-state index contributed by atoms with van der Waals surface area (Å²) >= 11 is 0. The molecule has 2 aliphatic rings. The van der Waals surface area contributed by atoms with Crippen LogP contribution in [-0.2, 0) is 41.9 Å². The second-order valence-electron chi connectivity index (χ2n) is 9.47. The highest BCUT2D eigenvalue weighted by Gasteiger charge is 2.26. The number of methoxy groups -OCH3 is 1. The quantitative estimate of drug-likeness (QED) is 0.387. The number of aromatic nitrogens is 3. The summed E-state index contributed by atoms with van der Waals surface area (Å²) in [7, 11) is 0.166. The highest BCUT2D eigenvalue weighted by Crippen LogP contribution is 2.39. The SMILES string of the molecule is COC(=O)c1nnc(Nc2c3c(cc4c2CCC4)CCC3)n1COCC[Si](C)(C)C. The van der Waals surface area contributed by atoms with Crippen LogP contribution in [0.3, 0.4) is 0 Å². The average Bonchev–Trinajstić information content (AvgIpc) is 3.43. The molecule has 0 saturated carbocycles. The van der Waals surface area contributed by atoms with Crippen LogP contribution in [0.5, 0.6) is 0 Å². The first-order valence-electron chi connectivity index (χ1n) is 10.9. The van der Waals surface area contributed by atoms with E-state index in [4.69, 9.17) is 9.47 Å². The number of fused-ring (bicyclic) bond motifs is 2. The van der Waals surface area contributed by atoms with Crippen LogP contribution in [-0.4, -0.2) is 42.5 Å². The minimum atomic E-state index is -1.19. The lowest BCUT2D eigenvalue weighted by Crippen LogP contribution is -2.22. The van der Waals surface area contributed by atoms with Gasteiger partial charge >= 0.3 is 5.97 Å². The van der Waals surface area contributed by atoms with Gasteiger partial charge in [0.2, 0.25) is 11.8 Å². The summed E-state index contributed by atoms with van der Waals surface area (Å²) in [6.07, 6.45) is 6.80. The van der Waals surface area contributed by atoms with Crippen LogP contribution >= 0.6 is 0 Å². The second kappa shape index (κ2) is 8.51. The van der Waals surface area contributed by atoms with Gasteiger partial charge in [-0.05, 0) is 66.8 Å². The highest BCUT2D eigenvalue weighted by atomic mass is 28.3. The number of rotatable bonds is 8. The van der Waals surface area contributed by atoms with E-state index in [2.05, 4.69) is 41.2 Å². The summed E-state index contributed by atoms with van der Waals surface area (Å²) in [4.78, 5) is 12.2. The molecular weight excluding hydrogens is 396 g/mol. The molecule has 30 heavy (non-hydrogen) atoms. The molecule has 0 aliphatic heterocycles. The lowest BCUT2D eigenvalue weighted by Gasteiger charge is -2.18. The number of anilines is 2. The third-order valence-corrected chi connectivity index (χ3v) is 7.75. The fourth-order valence-electron chi connectivity index (χ4n) is 4.37. The van der Waals surface area contributed by atoms with Crippen LogP contribution in [0.4, 0.5) is 11.6 Å². The lowest BCUT2D eigenvalue weighted by atomic mass is 9.99. The molecule has 162 valence electrons. The van der Waals surface area contributed by atoms with Crippen molar-refractivity contribution < 1.29 is 14.3 Å². The predicted octanol–water partition coefficient (Wildman–Crippen LogP) is 4.10. The number of hydrogen-bond acceptors (Lipinski definition) is 6. The van der Waals surface area contributed by atoms with Crippen molar-refractivity contribution in [3.8, 4) is 0 Å². The summed E-state index contributed by atoms with van der Waals surface area (Å²) < 4.78 is 12.5. The number of hydrogen-bond donors (Lipinski definition) is 1. The van der Waals surface area contributed by atoms with Crippen molar-refractivity contribution in [3.05, 3.63) is 34.1 Å². The highest BCUT2D eigenvalue weighted by molar-refractivity contribution is 6.76. The first kappa shape index (κ1) is 21.1. The zero-order valence-electron chi connectivity index (χ0n) is 18.5. The van der Waals surface area contributed by atoms with E-state index in [0.717, 1.165) is 31.7 Å². The predicted molar refractivity (Wildman–Crippen MR) is 119 cm³/mol. The fourth-order valence-corrected chi connectivity index (χ4v) is 5.13. The summed E-state index contributed by atoms with van der Waals surface area (Å²) in [6, 6.07) is 3.46. The van der Waals surface area contributed by atoms with Gasteiger partial charge in [0, 0.05) is 20.4 Å². The van der Waals surface area contributed by atoms with Crippen LogP contribution in [0.25, 0.3) is 0 Å². The Hall–Kier alpha value is -2.19. The van der Waals surface area contributed by atoms with Gasteiger partial charge in [-0.1, -0.05) is 25.7 Å². The van der Waals surface area contributed by atoms with E-state index in [1.54, 1.807) is 4.57 Å². The zero-order chi connectivity index (χ0) is 21.3. The Morgan fingerprint density at radius 3 is 2.37 bits per heavy atom. The van der Waals surface area contributed by atoms with Crippen molar-refractivity contribution >= 4 is 25.7 Å². The zero-order valence-corrected chi connectivity index (χ0v) is 19.5. The topological polar surface area (TPSA) is 78.3 Å². The maximum absolute atomic E-state index is 12.2. The average molecular weight is 429 g/mol. The third kappa shape index (κ3) is 4.30. The summed E-state index contributed by atoms with van der Waals surface area (Å²) in [6.45, 7) is 7.83. The molecule has 7 nitrogen and oxygen atoms in total. The molecule has 0 bridgehead atoms. The van der Waals surface area contributed by atoms with Crippen molar-refractivity contribution in [1.29, 1.82) is 0 Å². The number of carbonyl (C=O) groups is 1. The standard InChI is InChI=1S/C22H32N4O3Si/c1-28-21(27)20-24-25-22(26(20)14-29-11-12-30(2,3)4)23-19-17-9-5-7-15(17)13-16-8-6-10-18(16)19/h13H,5-12,14H2,1-4H3,(H,23,25). The molecule has 0 amide bonds. The molecule has 0 atom stereocenters. The Balaban J connectivity index is 1.62. The fraction of sp³-hybridized carbons (Fsp3) is 0.591. The van der Waals surface area contributed by atoms with E-state index in [9.17, 15) is 4.79 Å². The number of nitrogens with zero attached hydrogens (tertiary/aromatic N) is 3. The lowest BCUT2D eigenvalue weighted by molar-refractivity contribution is 0.0533. The van der Waals surface area contributed by atoms with Gasteiger partial charge < -0.3 is 14.8 Å². The van der Waals surface area contributed by atoms with Gasteiger partial charge in [-0.15, -0.1) is 10.2 Å². The van der Waals surface area contributed by atoms with Crippen LogP contribution < -0.4 is 5.32 Å². The number of nitrogens with one attached hydrogen (secondary N) is 1. The molecule has 1 aromatic heterocycles. The van der Waals surface area contributed by atoms with Crippen LogP contribution in [0.1, 0.15) is 45.7 Å². The van der Waals surface area contributed by atoms with E-state index < -0.39 is 14.0 Å². The molecule has 0 unspecified atom stereocenters. The van der Waals surface area contributed by atoms with E-state index in [1.807, 2.05) is 0 Å². The van der Waals surface area contributed by atoms with Crippen molar-refractivity contribution in [2.75, 3.05) is 19.0 Å². The Morgan fingerprint density at radius 2 is 1.77 bits per heavy atom. The van der Waals surface area contributed by atoms with Gasteiger partial charge in [-0.2, -0.15) is 0 Å². The second-order valence-corrected chi connectivity index (χ2v) is 15.1. The Kier molecular flexibility index (Phi) is 5.97. The molecule has 0 fully saturated rings. The van der Waals surface area contributed by atoms with Crippen molar-refractivity contribution in [1.82, 2.24) is 14.8 Å². The van der Waals surface area contributed by atoms with E-state index >= 15 is 0 Å². The van der Waals surface area contributed by atoms with Gasteiger partial charge in [0.05, 0.1) is 7.11 Å². The minimum Gasteiger partial charge on any atom is -0.463 e. The molecule has 0 saturated heterocycles. The van der Waals surface area contributed by atoms with Gasteiger partial charge in [0.25, 0.3) is 0 Å². The molecule has 1 aromatic carbocycles. The summed E-state index contributed by atoms with van der Waals surface area (Å²) in [5.74, 6) is 0.197. The molecule has 0 radical (unpaired) electrons. The molecule has 2 aromatic rings. The van der Waals surface area contributed by atoms with Gasteiger partial charge in [0.1, 0.15) is 6.73 Å². The molecule has 0 spiro atoms. The Bertz CT molecular complexity index is 917. The number of ether oxygens (including phenoxy) is 2. The molecule has 1 heterocycles. The number of aryl methyl sites for hydroxylation is 2. The molecule has 1 N–H and O–H groups in total. The first-order valence-corrected chi connectivity index (χ1v) is 14.6. The van der Waals surface area contributed by atoms with Crippen LogP contribution in [0.2, 0.25) is 25.7 Å². The molecule has 2 aliphatic carbocycles. The van der Waals surface area contributed by atoms with Gasteiger partial charge in [-0.25, -0.2) is 4.79 Å². The normalized spacial score (nSPS) is 15.2. The smallest absolute Gasteiger partial charge is 0.376 e. The number of benzene rings is 1. The Morgan fingerprint density at radius 1 is 1.10 bits per heavy atom. The van der Waals surface area contributed by atoms with E-state index in [1.165, 1.54) is 47.9 Å². The monoisotopic (exact) mass is 428 g/mol. The summed E-state index contributed by atoms with van der Waals surface area (Å²) in [5.41, 5.74) is 6.85. The van der Waals surface area contributed by atoms with Crippen molar-refractivity contribution in [3.63, 3.8) is 0 Å². The van der Waals surface area contributed by atoms with E-state index in [0.29, 0.717) is 12.6 Å². The van der Waals surface area contributed by atoms with Crippen molar-refractivity contribution in [2.45, 2.75) is 70.9 Å². The Labute approximate surface area is 179 Å². The van der Waals surface area contributed by atoms with Gasteiger partial charge in [-0.3, -0.25) is 4.57 Å². The molecular formula is C22H32N4O3Si. The third-order valence-electron chi connectivity index (χ3n) is 6.05. The maximum Gasteiger partial charge on any atom is 0.376 e. The molecule has 4 rings (SSSR count). The number of esters is 1. The summed E-state index contributed by atoms with van der Waals surface area (Å²) in [5, 5.41) is 11.9. The van der Waals surface area contributed by atoms with Crippen LogP contribution in [0, 0.1) is 0 Å². The van der Waals surface area contributed by atoms with Gasteiger partial charge in [0.15, 0.2) is 0 Å². The maximum atomic E-state index is 12.2. The van der Waals surface area contributed by atoms with Crippen LogP contribution in [0.15, 0.2) is 6.07 Å². The first-order chi connectivity index (χ1) is 14.4. The van der Waals surface area contributed by atoms with Crippen molar-refractivity contribution in [2.24, 2.45) is 0 Å².